The third-order valence-corrected chi connectivity index (χ3v) is 4.49. The van der Waals surface area contributed by atoms with Crippen molar-refractivity contribution in [3.05, 3.63) is 23.3 Å². The number of hydrogen-bond acceptors (Lipinski definition) is 4. The maximum Gasteiger partial charge on any atom is 0.238 e. The number of hydrogen-bond donors (Lipinski definition) is 3. The number of primary sulfonamides is 1. The predicted molar refractivity (Wildman–Crippen MR) is 88.1 cm³/mol. The van der Waals surface area contributed by atoms with E-state index in [0.29, 0.717) is 18.7 Å². The lowest BCUT2D eigenvalue weighted by Gasteiger charge is -2.12. The molecule has 0 fully saturated rings. The number of rotatable bonds is 8. The highest BCUT2D eigenvalue weighted by molar-refractivity contribution is 7.89. The number of nitrogens with one attached hydrogen (secondary N) is 1. The molecule has 0 aromatic heterocycles. The molecular formula is C15H25N3O3S. The highest BCUT2D eigenvalue weighted by atomic mass is 32.2. The number of sulfonamides is 1. The summed E-state index contributed by atoms with van der Waals surface area (Å²) in [6, 6.07) is 2.91. The zero-order valence-corrected chi connectivity index (χ0v) is 14.0. The molecule has 0 aliphatic rings. The topological polar surface area (TPSA) is 115 Å². The zero-order valence-electron chi connectivity index (χ0n) is 13.2. The molecule has 1 aromatic rings. The lowest BCUT2D eigenvalue weighted by molar-refractivity contribution is -0.116. The van der Waals surface area contributed by atoms with E-state index in [1.165, 1.54) is 12.1 Å². The van der Waals surface area contributed by atoms with Crippen LogP contribution in [0, 0.1) is 13.8 Å². The Morgan fingerprint density at radius 2 is 1.77 bits per heavy atom. The van der Waals surface area contributed by atoms with Crippen LogP contribution in [0.1, 0.15) is 43.2 Å². The largest absolute Gasteiger partial charge is 0.330 e. The van der Waals surface area contributed by atoms with Gasteiger partial charge < -0.3 is 11.1 Å². The van der Waals surface area contributed by atoms with Gasteiger partial charge in [-0.15, -0.1) is 0 Å². The van der Waals surface area contributed by atoms with Crippen LogP contribution in [0.4, 0.5) is 5.69 Å². The van der Waals surface area contributed by atoms with Gasteiger partial charge in [-0.3, -0.25) is 4.79 Å². The Balaban J connectivity index is 2.72. The summed E-state index contributed by atoms with van der Waals surface area (Å²) in [6.07, 6.45) is 4.14. The summed E-state index contributed by atoms with van der Waals surface area (Å²) in [7, 11) is -3.79. The molecule has 1 aromatic carbocycles. The first-order valence-electron chi connectivity index (χ1n) is 7.39. The summed E-state index contributed by atoms with van der Waals surface area (Å²) < 4.78 is 22.9. The predicted octanol–water partition coefficient (Wildman–Crippen LogP) is 1.80. The van der Waals surface area contributed by atoms with E-state index in [-0.39, 0.29) is 10.8 Å². The molecule has 0 aliphatic carbocycles. The second-order valence-corrected chi connectivity index (χ2v) is 7.02. The number of carbonyl (C=O) groups is 1. The van der Waals surface area contributed by atoms with Crippen molar-refractivity contribution in [2.45, 2.75) is 50.8 Å². The van der Waals surface area contributed by atoms with E-state index in [1.807, 2.05) is 6.92 Å². The summed E-state index contributed by atoms with van der Waals surface area (Å²) in [4.78, 5) is 12.0. The van der Waals surface area contributed by atoms with Gasteiger partial charge >= 0.3 is 0 Å². The van der Waals surface area contributed by atoms with Gasteiger partial charge in [0.15, 0.2) is 0 Å². The van der Waals surface area contributed by atoms with E-state index in [2.05, 4.69) is 5.32 Å². The third-order valence-electron chi connectivity index (χ3n) is 3.60. The average Bonchev–Trinajstić information content (AvgIpc) is 2.42. The molecule has 6 nitrogen and oxygen atoms in total. The summed E-state index contributed by atoms with van der Waals surface area (Å²) >= 11 is 0. The molecule has 1 amide bonds. The van der Waals surface area contributed by atoms with Gasteiger partial charge in [0.25, 0.3) is 0 Å². The Morgan fingerprint density at radius 3 is 2.36 bits per heavy atom. The Morgan fingerprint density at radius 1 is 1.14 bits per heavy atom. The van der Waals surface area contributed by atoms with E-state index >= 15 is 0 Å². The fraction of sp³-hybridized carbons (Fsp3) is 0.533. The Kier molecular flexibility index (Phi) is 6.99. The summed E-state index contributed by atoms with van der Waals surface area (Å²) in [6.45, 7) is 4.29. The highest BCUT2D eigenvalue weighted by Crippen LogP contribution is 2.23. The molecule has 124 valence electrons. The van der Waals surface area contributed by atoms with Crippen LogP contribution < -0.4 is 16.2 Å². The van der Waals surface area contributed by atoms with Crippen molar-refractivity contribution in [1.29, 1.82) is 0 Å². The smallest absolute Gasteiger partial charge is 0.238 e. The quantitative estimate of drug-likeness (QED) is 0.631. The van der Waals surface area contributed by atoms with Gasteiger partial charge in [-0.1, -0.05) is 12.8 Å². The van der Waals surface area contributed by atoms with Crippen molar-refractivity contribution < 1.29 is 13.2 Å². The maximum absolute atomic E-state index is 12.0. The minimum absolute atomic E-state index is 0.00819. The Bertz CT molecular complexity index is 627. The van der Waals surface area contributed by atoms with Gasteiger partial charge in [-0.2, -0.15) is 0 Å². The van der Waals surface area contributed by atoms with Crippen LogP contribution >= 0.6 is 0 Å². The summed E-state index contributed by atoms with van der Waals surface area (Å²) in [5.41, 5.74) is 7.52. The van der Waals surface area contributed by atoms with E-state index < -0.39 is 10.0 Å². The molecule has 0 unspecified atom stereocenters. The number of benzene rings is 1. The van der Waals surface area contributed by atoms with Crippen LogP contribution in [-0.2, 0) is 14.8 Å². The molecular weight excluding hydrogens is 302 g/mol. The SMILES string of the molecule is Cc1cc(S(N)(=O)=O)cc(NC(=O)CCCCCCN)c1C. The molecule has 0 heterocycles. The van der Waals surface area contributed by atoms with Gasteiger partial charge in [0.05, 0.1) is 4.90 Å². The Labute approximate surface area is 132 Å². The minimum atomic E-state index is -3.79. The molecule has 0 atom stereocenters. The second-order valence-electron chi connectivity index (χ2n) is 5.46. The molecule has 7 heteroatoms. The second kappa shape index (κ2) is 8.26. The molecule has 0 aliphatic heterocycles. The lowest BCUT2D eigenvalue weighted by atomic mass is 10.1. The first kappa shape index (κ1) is 18.6. The van der Waals surface area contributed by atoms with Gasteiger partial charge in [0, 0.05) is 12.1 Å². The van der Waals surface area contributed by atoms with Crippen molar-refractivity contribution in [3.63, 3.8) is 0 Å². The molecule has 5 N–H and O–H groups in total. The lowest BCUT2D eigenvalue weighted by Crippen LogP contribution is -2.16. The van der Waals surface area contributed by atoms with Gasteiger partial charge in [0.1, 0.15) is 0 Å². The Hall–Kier alpha value is -1.44. The van der Waals surface area contributed by atoms with E-state index in [1.54, 1.807) is 6.92 Å². The molecule has 0 saturated heterocycles. The number of nitrogens with two attached hydrogens (primary N) is 2. The standard InChI is InChI=1S/C15H25N3O3S/c1-11-9-13(22(17,20)21)10-14(12(11)2)18-15(19)7-5-3-4-6-8-16/h9-10H,3-8,16H2,1-2H3,(H,18,19)(H2,17,20,21). The van der Waals surface area contributed by atoms with Crippen molar-refractivity contribution in [2.75, 3.05) is 11.9 Å². The number of amides is 1. The first-order valence-corrected chi connectivity index (χ1v) is 8.94. The highest BCUT2D eigenvalue weighted by Gasteiger charge is 2.14. The van der Waals surface area contributed by atoms with Gasteiger partial charge in [0.2, 0.25) is 15.9 Å². The van der Waals surface area contributed by atoms with Crippen LogP contribution in [0.25, 0.3) is 0 Å². The van der Waals surface area contributed by atoms with Gasteiger partial charge in [-0.05, 0) is 56.5 Å². The molecule has 0 bridgehead atoms. The molecule has 0 saturated carbocycles. The normalized spacial score (nSPS) is 11.5. The van der Waals surface area contributed by atoms with Crippen LogP contribution in [0.3, 0.4) is 0 Å². The average molecular weight is 327 g/mol. The van der Waals surface area contributed by atoms with E-state index in [9.17, 15) is 13.2 Å². The number of carbonyl (C=O) groups excluding carboxylic acids is 1. The number of unbranched alkanes of at least 4 members (excludes halogenated alkanes) is 3. The van der Waals surface area contributed by atoms with Crippen LogP contribution in [0.15, 0.2) is 17.0 Å². The van der Waals surface area contributed by atoms with Crippen molar-refractivity contribution in [2.24, 2.45) is 10.9 Å². The third kappa shape index (κ3) is 5.75. The van der Waals surface area contributed by atoms with E-state index in [0.717, 1.165) is 36.8 Å². The van der Waals surface area contributed by atoms with Gasteiger partial charge in [-0.25, -0.2) is 13.6 Å². The minimum Gasteiger partial charge on any atom is -0.330 e. The number of anilines is 1. The van der Waals surface area contributed by atoms with Crippen molar-refractivity contribution in [1.82, 2.24) is 0 Å². The zero-order chi connectivity index (χ0) is 16.8. The van der Waals surface area contributed by atoms with Crippen molar-refractivity contribution in [3.8, 4) is 0 Å². The monoisotopic (exact) mass is 327 g/mol. The van der Waals surface area contributed by atoms with Crippen LogP contribution in [-0.4, -0.2) is 20.9 Å². The molecule has 0 radical (unpaired) electrons. The van der Waals surface area contributed by atoms with Crippen molar-refractivity contribution >= 4 is 21.6 Å². The van der Waals surface area contributed by atoms with Crippen LogP contribution in [0.5, 0.6) is 0 Å². The molecule has 22 heavy (non-hydrogen) atoms. The fourth-order valence-corrected chi connectivity index (χ4v) is 2.74. The maximum atomic E-state index is 12.0. The molecule has 1 rings (SSSR count). The fourth-order valence-electron chi connectivity index (χ4n) is 2.12. The summed E-state index contributed by atoms with van der Waals surface area (Å²) in [5, 5.41) is 7.92. The molecule has 0 spiro atoms. The number of aryl methyl sites for hydroxylation is 1. The first-order chi connectivity index (χ1) is 10.3. The van der Waals surface area contributed by atoms with E-state index in [4.69, 9.17) is 10.9 Å². The summed E-state index contributed by atoms with van der Waals surface area (Å²) in [5.74, 6) is -0.123. The van der Waals surface area contributed by atoms with Crippen LogP contribution in [0.2, 0.25) is 0 Å².